The molecule has 1 saturated carbocycles. The van der Waals surface area contributed by atoms with E-state index in [1.165, 1.54) is 0 Å². The maximum Gasteiger partial charge on any atom is 0.408 e. The minimum absolute atomic E-state index is 0.0858. The van der Waals surface area contributed by atoms with Gasteiger partial charge in [0.15, 0.2) is 0 Å². The highest BCUT2D eigenvalue weighted by Gasteiger charge is 2.43. The first kappa shape index (κ1) is 29.2. The summed E-state index contributed by atoms with van der Waals surface area (Å²) < 4.78 is 5.46. The molecule has 7 heteroatoms. The summed E-state index contributed by atoms with van der Waals surface area (Å²) in [5.41, 5.74) is 3.11. The molecule has 0 spiro atoms. The molecule has 0 aliphatic heterocycles. The number of hydrogen-bond donors (Lipinski definition) is 2. The van der Waals surface area contributed by atoms with Crippen LogP contribution in [-0.4, -0.2) is 40.5 Å². The zero-order valence-electron chi connectivity index (χ0n) is 23.8. The fraction of sp³-hybridized carbons (Fsp3) is 0.516. The Labute approximate surface area is 227 Å². The number of rotatable bonds is 9. The number of alkyl carbamates (subject to hydrolysis) is 1. The lowest BCUT2D eigenvalue weighted by Crippen LogP contribution is -2.58. The monoisotopic (exact) mass is 521 g/mol. The average Bonchev–Trinajstić information content (AvgIpc) is 2.79. The molecule has 38 heavy (non-hydrogen) atoms. The number of nitrogens with zero attached hydrogens (tertiary/aromatic N) is 1. The van der Waals surface area contributed by atoms with E-state index in [1.54, 1.807) is 25.7 Å². The molecule has 2 atom stereocenters. The van der Waals surface area contributed by atoms with Crippen molar-refractivity contribution in [2.45, 2.75) is 98.0 Å². The molecular weight excluding hydrogens is 478 g/mol. The summed E-state index contributed by atoms with van der Waals surface area (Å²) in [6.45, 7) is 13.5. The van der Waals surface area contributed by atoms with E-state index < -0.39 is 23.8 Å². The second kappa shape index (κ2) is 12.5. The molecule has 206 valence electrons. The van der Waals surface area contributed by atoms with Gasteiger partial charge in [0.1, 0.15) is 17.7 Å². The van der Waals surface area contributed by atoms with Gasteiger partial charge in [0.2, 0.25) is 11.8 Å². The molecular formula is C31H43N3O4. The maximum absolute atomic E-state index is 14.3. The standard InChI is InChI=1S/C31H43N3O4/c1-20(2)26(33-30(37)38-31(5,6)7)29(36)34(24-14-11-15-24)27(25-17-16-21(3)18-22(25)4)28(35)32-19-23-12-9-8-10-13-23/h8-10,12-13,16-18,20,24,26-27H,11,14-15,19H2,1-7H3,(H,32,35)(H,33,37). The summed E-state index contributed by atoms with van der Waals surface area (Å²) in [7, 11) is 0. The quantitative estimate of drug-likeness (QED) is 0.450. The average molecular weight is 522 g/mol. The summed E-state index contributed by atoms with van der Waals surface area (Å²) in [5, 5.41) is 5.87. The lowest BCUT2D eigenvalue weighted by Gasteiger charge is -2.44. The molecule has 1 aliphatic carbocycles. The first-order valence-electron chi connectivity index (χ1n) is 13.6. The second-order valence-corrected chi connectivity index (χ2v) is 11.7. The van der Waals surface area contributed by atoms with Crippen molar-refractivity contribution in [3.8, 4) is 0 Å². The summed E-state index contributed by atoms with van der Waals surface area (Å²) >= 11 is 0. The Bertz CT molecular complexity index is 1120. The van der Waals surface area contributed by atoms with Gasteiger partial charge in [-0.15, -0.1) is 0 Å². The van der Waals surface area contributed by atoms with Gasteiger partial charge in [0, 0.05) is 12.6 Å². The van der Waals surface area contributed by atoms with Crippen LogP contribution in [0, 0.1) is 19.8 Å². The highest BCUT2D eigenvalue weighted by atomic mass is 16.6. The van der Waals surface area contributed by atoms with Crippen molar-refractivity contribution in [1.29, 1.82) is 0 Å². The number of carbonyl (C=O) groups is 3. The van der Waals surface area contributed by atoms with Crippen LogP contribution >= 0.6 is 0 Å². The van der Waals surface area contributed by atoms with Gasteiger partial charge in [-0.25, -0.2) is 4.79 Å². The van der Waals surface area contributed by atoms with Crippen LogP contribution in [0.15, 0.2) is 48.5 Å². The molecule has 1 fully saturated rings. The third kappa shape index (κ3) is 7.59. The van der Waals surface area contributed by atoms with E-state index in [1.807, 2.05) is 76.2 Å². The van der Waals surface area contributed by atoms with E-state index in [9.17, 15) is 14.4 Å². The molecule has 2 aromatic carbocycles. The number of carbonyl (C=O) groups excluding carboxylic acids is 3. The molecule has 3 rings (SSSR count). The van der Waals surface area contributed by atoms with Crippen molar-refractivity contribution in [1.82, 2.24) is 15.5 Å². The fourth-order valence-corrected chi connectivity index (χ4v) is 4.72. The predicted molar refractivity (Wildman–Crippen MR) is 149 cm³/mol. The smallest absolute Gasteiger partial charge is 0.408 e. The van der Waals surface area contributed by atoms with Gasteiger partial charge in [-0.1, -0.05) is 67.9 Å². The maximum atomic E-state index is 14.3. The number of ether oxygens (including phenoxy) is 1. The molecule has 0 bridgehead atoms. The topological polar surface area (TPSA) is 87.7 Å². The first-order chi connectivity index (χ1) is 17.9. The molecule has 2 N–H and O–H groups in total. The van der Waals surface area contributed by atoms with Gasteiger partial charge < -0.3 is 20.3 Å². The summed E-state index contributed by atoms with van der Waals surface area (Å²) in [4.78, 5) is 42.6. The molecule has 0 radical (unpaired) electrons. The van der Waals surface area contributed by atoms with Crippen LogP contribution in [0.2, 0.25) is 0 Å². The molecule has 0 heterocycles. The SMILES string of the molecule is Cc1ccc(C(C(=O)NCc2ccccc2)N(C(=O)C(NC(=O)OC(C)(C)C)C(C)C)C2CCC2)c(C)c1. The van der Waals surface area contributed by atoms with E-state index in [0.717, 1.165) is 41.5 Å². The Morgan fingerprint density at radius 1 is 1.03 bits per heavy atom. The third-order valence-electron chi connectivity index (χ3n) is 6.88. The molecule has 2 aromatic rings. The van der Waals surface area contributed by atoms with Crippen molar-refractivity contribution in [2.75, 3.05) is 0 Å². The Morgan fingerprint density at radius 2 is 1.68 bits per heavy atom. The van der Waals surface area contributed by atoms with E-state index in [2.05, 4.69) is 10.6 Å². The minimum atomic E-state index is -0.833. The molecule has 1 aliphatic rings. The first-order valence-corrected chi connectivity index (χ1v) is 13.6. The highest BCUT2D eigenvalue weighted by Crippen LogP contribution is 2.35. The Balaban J connectivity index is 1.99. The third-order valence-corrected chi connectivity index (χ3v) is 6.88. The molecule has 7 nitrogen and oxygen atoms in total. The van der Waals surface area contributed by atoms with Crippen molar-refractivity contribution in [2.24, 2.45) is 5.92 Å². The van der Waals surface area contributed by atoms with E-state index in [0.29, 0.717) is 6.54 Å². The molecule has 2 unspecified atom stereocenters. The zero-order chi connectivity index (χ0) is 28.0. The van der Waals surface area contributed by atoms with Crippen LogP contribution in [0.4, 0.5) is 4.79 Å². The summed E-state index contributed by atoms with van der Waals surface area (Å²) in [6.07, 6.45) is 1.98. The largest absolute Gasteiger partial charge is 0.444 e. The highest BCUT2D eigenvalue weighted by molar-refractivity contribution is 5.92. The van der Waals surface area contributed by atoms with Crippen molar-refractivity contribution in [3.63, 3.8) is 0 Å². The predicted octanol–water partition coefficient (Wildman–Crippen LogP) is 5.59. The van der Waals surface area contributed by atoms with Gasteiger partial charge in [0.25, 0.3) is 0 Å². The minimum Gasteiger partial charge on any atom is -0.444 e. The van der Waals surface area contributed by atoms with E-state index in [4.69, 9.17) is 4.74 Å². The molecule has 0 saturated heterocycles. The summed E-state index contributed by atoms with van der Waals surface area (Å²) in [6, 6.07) is 13.9. The lowest BCUT2D eigenvalue weighted by atomic mass is 9.86. The van der Waals surface area contributed by atoms with Crippen LogP contribution in [-0.2, 0) is 20.9 Å². The molecule has 0 aromatic heterocycles. The van der Waals surface area contributed by atoms with Crippen LogP contribution in [0.5, 0.6) is 0 Å². The van der Waals surface area contributed by atoms with Gasteiger partial charge in [-0.3, -0.25) is 9.59 Å². The van der Waals surface area contributed by atoms with Gasteiger partial charge in [0.05, 0.1) is 0 Å². The van der Waals surface area contributed by atoms with Crippen molar-refractivity contribution < 1.29 is 19.1 Å². The number of aryl methyl sites for hydroxylation is 2. The van der Waals surface area contributed by atoms with Crippen LogP contribution < -0.4 is 10.6 Å². The lowest BCUT2D eigenvalue weighted by molar-refractivity contribution is -0.148. The number of hydrogen-bond acceptors (Lipinski definition) is 4. The van der Waals surface area contributed by atoms with E-state index >= 15 is 0 Å². The Kier molecular flexibility index (Phi) is 9.58. The molecule has 3 amide bonds. The van der Waals surface area contributed by atoms with Crippen molar-refractivity contribution >= 4 is 17.9 Å². The number of benzene rings is 2. The number of nitrogens with one attached hydrogen (secondary N) is 2. The van der Waals surface area contributed by atoms with Gasteiger partial charge in [-0.2, -0.15) is 0 Å². The van der Waals surface area contributed by atoms with Crippen molar-refractivity contribution in [3.05, 3.63) is 70.8 Å². The van der Waals surface area contributed by atoms with Crippen LogP contribution in [0.1, 0.15) is 82.2 Å². The second-order valence-electron chi connectivity index (χ2n) is 11.7. The Morgan fingerprint density at radius 3 is 2.21 bits per heavy atom. The van der Waals surface area contributed by atoms with Crippen LogP contribution in [0.3, 0.4) is 0 Å². The Hall–Kier alpha value is -3.35. The summed E-state index contributed by atoms with van der Waals surface area (Å²) in [5.74, 6) is -0.707. The van der Waals surface area contributed by atoms with Gasteiger partial charge in [-0.05, 0) is 76.5 Å². The number of amides is 3. The van der Waals surface area contributed by atoms with E-state index in [-0.39, 0.29) is 23.8 Å². The van der Waals surface area contributed by atoms with Crippen LogP contribution in [0.25, 0.3) is 0 Å². The normalized spacial score (nSPS) is 15.3. The van der Waals surface area contributed by atoms with Gasteiger partial charge >= 0.3 is 6.09 Å². The fourth-order valence-electron chi connectivity index (χ4n) is 4.72. The zero-order valence-corrected chi connectivity index (χ0v) is 23.8.